The summed E-state index contributed by atoms with van der Waals surface area (Å²) in [6.07, 6.45) is 6.74. The zero-order valence-electron chi connectivity index (χ0n) is 13.4. The Labute approximate surface area is 140 Å². The Balaban J connectivity index is 1.81. The number of imidazole rings is 1. The van der Waals surface area contributed by atoms with E-state index >= 15 is 0 Å². The topological polar surface area (TPSA) is 95.1 Å². The molecule has 1 heterocycles. The van der Waals surface area contributed by atoms with Crippen LogP contribution in [-0.4, -0.2) is 33.0 Å². The first kappa shape index (κ1) is 16.2. The van der Waals surface area contributed by atoms with Gasteiger partial charge in [0.15, 0.2) is 0 Å². The van der Waals surface area contributed by atoms with Gasteiger partial charge in [-0.3, -0.25) is 4.79 Å². The van der Waals surface area contributed by atoms with Crippen molar-refractivity contribution in [3.63, 3.8) is 0 Å². The highest BCUT2D eigenvalue weighted by atomic mass is 16.4. The van der Waals surface area contributed by atoms with Crippen molar-refractivity contribution < 1.29 is 14.7 Å². The molecule has 1 amide bonds. The first-order valence-corrected chi connectivity index (χ1v) is 8.19. The molecule has 6 heteroatoms. The molecule has 1 aliphatic rings. The summed E-state index contributed by atoms with van der Waals surface area (Å²) in [5.74, 6) is -1.25. The number of H-pyrrole nitrogens is 1. The van der Waals surface area contributed by atoms with Gasteiger partial charge in [-0.1, -0.05) is 43.2 Å². The molecule has 24 heavy (non-hydrogen) atoms. The molecule has 0 aliphatic heterocycles. The van der Waals surface area contributed by atoms with Crippen LogP contribution in [0.5, 0.6) is 0 Å². The van der Waals surface area contributed by atoms with E-state index in [-0.39, 0.29) is 12.3 Å². The van der Waals surface area contributed by atoms with Gasteiger partial charge in [0, 0.05) is 12.6 Å². The van der Waals surface area contributed by atoms with E-state index in [1.165, 1.54) is 6.33 Å². The smallest absolute Gasteiger partial charge is 0.326 e. The first-order chi connectivity index (χ1) is 11.6. The molecule has 1 aliphatic carbocycles. The van der Waals surface area contributed by atoms with E-state index in [1.54, 1.807) is 6.20 Å². The molecule has 6 nitrogen and oxygen atoms in total. The second-order valence-corrected chi connectivity index (χ2v) is 6.28. The fourth-order valence-electron chi connectivity index (χ4n) is 3.49. The molecule has 126 valence electrons. The number of carbonyl (C=O) groups is 2. The zero-order valence-corrected chi connectivity index (χ0v) is 13.4. The number of aromatic nitrogens is 2. The quantitative estimate of drug-likeness (QED) is 0.756. The fourth-order valence-corrected chi connectivity index (χ4v) is 3.49. The molecule has 2 aromatic rings. The largest absolute Gasteiger partial charge is 0.480 e. The molecule has 1 fully saturated rings. The maximum atomic E-state index is 13.0. The standard InChI is InChI=1S/C18H21N3O3/c22-16(23)15(10-14-11-19-12-20-14)21-17(24)18(8-4-5-9-18)13-6-2-1-3-7-13/h1-3,6-7,11-12,15H,4-5,8-10H2,(H,19,20)(H,21,24)(H,22,23). The van der Waals surface area contributed by atoms with Crippen molar-refractivity contribution in [1.29, 1.82) is 0 Å². The van der Waals surface area contributed by atoms with Gasteiger partial charge < -0.3 is 15.4 Å². The Morgan fingerprint density at radius 1 is 1.25 bits per heavy atom. The van der Waals surface area contributed by atoms with E-state index < -0.39 is 17.4 Å². The van der Waals surface area contributed by atoms with Crippen LogP contribution < -0.4 is 5.32 Å². The summed E-state index contributed by atoms with van der Waals surface area (Å²) in [6.45, 7) is 0. The molecule has 0 bridgehead atoms. The molecule has 1 aromatic heterocycles. The van der Waals surface area contributed by atoms with Gasteiger partial charge >= 0.3 is 5.97 Å². The Morgan fingerprint density at radius 3 is 2.54 bits per heavy atom. The number of nitrogens with zero attached hydrogens (tertiary/aromatic N) is 1. The molecule has 1 atom stereocenters. The van der Waals surface area contributed by atoms with Crippen LogP contribution in [0, 0.1) is 0 Å². The van der Waals surface area contributed by atoms with Crippen LogP contribution in [0.2, 0.25) is 0 Å². The van der Waals surface area contributed by atoms with Crippen LogP contribution in [0.25, 0.3) is 0 Å². The number of aromatic amines is 1. The summed E-state index contributed by atoms with van der Waals surface area (Å²) in [4.78, 5) is 31.4. The van der Waals surface area contributed by atoms with E-state index in [0.29, 0.717) is 5.69 Å². The predicted octanol–water partition coefficient (Wildman–Crippen LogP) is 2.03. The summed E-state index contributed by atoms with van der Waals surface area (Å²) in [5, 5.41) is 12.2. The minimum Gasteiger partial charge on any atom is -0.480 e. The summed E-state index contributed by atoms with van der Waals surface area (Å²) in [6, 6.07) is 8.68. The Kier molecular flexibility index (Phi) is 4.64. The van der Waals surface area contributed by atoms with Crippen LogP contribution in [-0.2, 0) is 21.4 Å². The van der Waals surface area contributed by atoms with Crippen molar-refractivity contribution in [2.45, 2.75) is 43.6 Å². The highest BCUT2D eigenvalue weighted by Crippen LogP contribution is 2.41. The van der Waals surface area contributed by atoms with E-state index in [4.69, 9.17) is 0 Å². The second-order valence-electron chi connectivity index (χ2n) is 6.28. The highest BCUT2D eigenvalue weighted by Gasteiger charge is 2.43. The Bertz CT molecular complexity index is 692. The van der Waals surface area contributed by atoms with Crippen LogP contribution in [0.15, 0.2) is 42.9 Å². The van der Waals surface area contributed by atoms with Crippen molar-refractivity contribution in [2.75, 3.05) is 0 Å². The van der Waals surface area contributed by atoms with Crippen molar-refractivity contribution >= 4 is 11.9 Å². The second kappa shape index (κ2) is 6.86. The molecule has 3 rings (SSSR count). The third-order valence-electron chi connectivity index (χ3n) is 4.79. The van der Waals surface area contributed by atoms with Gasteiger partial charge in [0.25, 0.3) is 0 Å². The van der Waals surface area contributed by atoms with Gasteiger partial charge in [0.1, 0.15) is 6.04 Å². The van der Waals surface area contributed by atoms with Crippen molar-refractivity contribution in [3.8, 4) is 0 Å². The van der Waals surface area contributed by atoms with Gasteiger partial charge in [0.2, 0.25) is 5.91 Å². The molecule has 1 unspecified atom stereocenters. The monoisotopic (exact) mass is 327 g/mol. The zero-order chi connectivity index (χ0) is 17.0. The van der Waals surface area contributed by atoms with Crippen LogP contribution in [0.4, 0.5) is 0 Å². The average molecular weight is 327 g/mol. The third-order valence-corrected chi connectivity index (χ3v) is 4.79. The number of aliphatic carboxylic acids is 1. The van der Waals surface area contributed by atoms with Crippen LogP contribution >= 0.6 is 0 Å². The van der Waals surface area contributed by atoms with Crippen molar-refractivity contribution in [1.82, 2.24) is 15.3 Å². The normalized spacial score (nSPS) is 17.3. The third kappa shape index (κ3) is 3.18. The summed E-state index contributed by atoms with van der Waals surface area (Å²) < 4.78 is 0. The van der Waals surface area contributed by atoms with Gasteiger partial charge in [-0.25, -0.2) is 9.78 Å². The number of carbonyl (C=O) groups excluding carboxylic acids is 1. The lowest BCUT2D eigenvalue weighted by Crippen LogP contribution is -2.50. The predicted molar refractivity (Wildman–Crippen MR) is 88.4 cm³/mol. The fraction of sp³-hybridized carbons (Fsp3) is 0.389. The van der Waals surface area contributed by atoms with Crippen LogP contribution in [0.3, 0.4) is 0 Å². The number of hydrogen-bond acceptors (Lipinski definition) is 3. The van der Waals surface area contributed by atoms with Crippen LogP contribution in [0.1, 0.15) is 36.9 Å². The van der Waals surface area contributed by atoms with E-state index in [0.717, 1.165) is 31.2 Å². The number of hydrogen-bond donors (Lipinski definition) is 3. The minimum absolute atomic E-state index is 0.162. The molecule has 1 aromatic carbocycles. The molecular formula is C18H21N3O3. The molecule has 0 radical (unpaired) electrons. The van der Waals surface area contributed by atoms with E-state index in [9.17, 15) is 14.7 Å². The van der Waals surface area contributed by atoms with Crippen molar-refractivity contribution in [3.05, 3.63) is 54.1 Å². The maximum absolute atomic E-state index is 13.0. The summed E-state index contributed by atoms with van der Waals surface area (Å²) in [5.41, 5.74) is 0.951. The lowest BCUT2D eigenvalue weighted by Gasteiger charge is -2.30. The van der Waals surface area contributed by atoms with E-state index in [2.05, 4.69) is 15.3 Å². The first-order valence-electron chi connectivity index (χ1n) is 8.19. The van der Waals surface area contributed by atoms with Gasteiger partial charge in [-0.2, -0.15) is 0 Å². The van der Waals surface area contributed by atoms with E-state index in [1.807, 2.05) is 30.3 Å². The van der Waals surface area contributed by atoms with Gasteiger partial charge in [0.05, 0.1) is 17.4 Å². The maximum Gasteiger partial charge on any atom is 0.326 e. The summed E-state index contributed by atoms with van der Waals surface area (Å²) in [7, 11) is 0. The number of carboxylic acids is 1. The highest BCUT2D eigenvalue weighted by molar-refractivity contribution is 5.91. The molecule has 0 spiro atoms. The molecule has 3 N–H and O–H groups in total. The Morgan fingerprint density at radius 2 is 1.96 bits per heavy atom. The lowest BCUT2D eigenvalue weighted by molar-refractivity contribution is -0.142. The Hall–Kier alpha value is -2.63. The molecule has 0 saturated heterocycles. The minimum atomic E-state index is -1.05. The average Bonchev–Trinajstić information content (AvgIpc) is 3.27. The number of amides is 1. The number of rotatable bonds is 6. The number of carboxylic acid groups (broad SMARTS) is 1. The molecular weight excluding hydrogens is 306 g/mol. The lowest BCUT2D eigenvalue weighted by atomic mass is 9.77. The SMILES string of the molecule is O=C(O)C(Cc1c[nH]cn1)NC(=O)C1(c2ccccc2)CCCC1. The summed E-state index contributed by atoms with van der Waals surface area (Å²) >= 11 is 0. The van der Waals surface area contributed by atoms with Gasteiger partial charge in [-0.05, 0) is 18.4 Å². The van der Waals surface area contributed by atoms with Crippen molar-refractivity contribution in [2.24, 2.45) is 0 Å². The molecule has 1 saturated carbocycles. The number of benzene rings is 1. The number of nitrogens with one attached hydrogen (secondary N) is 2. The van der Waals surface area contributed by atoms with Gasteiger partial charge in [-0.15, -0.1) is 0 Å².